The molecule has 0 aliphatic heterocycles. The highest BCUT2D eigenvalue weighted by Gasteiger charge is 2.02. The van der Waals surface area contributed by atoms with Gasteiger partial charge in [-0.25, -0.2) is 9.97 Å². The second kappa shape index (κ2) is 7.84. The van der Waals surface area contributed by atoms with Crippen molar-refractivity contribution < 1.29 is 9.84 Å². The molecule has 1 aromatic rings. The minimum atomic E-state index is -0.250. The molecule has 17 heavy (non-hydrogen) atoms. The molecule has 0 aliphatic carbocycles. The van der Waals surface area contributed by atoms with Crippen molar-refractivity contribution >= 4 is 5.82 Å². The highest BCUT2D eigenvalue weighted by atomic mass is 16.5. The lowest BCUT2D eigenvalue weighted by Crippen LogP contribution is -2.13. The van der Waals surface area contributed by atoms with E-state index in [0.717, 1.165) is 18.7 Å². The smallest absolute Gasteiger partial charge is 0.218 e. The van der Waals surface area contributed by atoms with Gasteiger partial charge in [-0.3, -0.25) is 0 Å². The summed E-state index contributed by atoms with van der Waals surface area (Å²) in [6.07, 6.45) is 3.67. The van der Waals surface area contributed by atoms with Gasteiger partial charge in [-0.1, -0.05) is 13.8 Å². The first-order valence-corrected chi connectivity index (χ1v) is 6.13. The first-order chi connectivity index (χ1) is 8.26. The molecule has 5 heteroatoms. The normalized spacial score (nSPS) is 12.2. The van der Waals surface area contributed by atoms with Crippen LogP contribution in [0.25, 0.3) is 0 Å². The minimum Gasteiger partial charge on any atom is -0.478 e. The summed E-state index contributed by atoms with van der Waals surface area (Å²) in [5.74, 6) is 1.31. The molecule has 0 fully saturated rings. The maximum Gasteiger partial charge on any atom is 0.218 e. The Kier molecular flexibility index (Phi) is 6.32. The number of anilines is 1. The number of nitrogens with zero attached hydrogens (tertiary/aromatic N) is 2. The lowest BCUT2D eigenvalue weighted by Gasteiger charge is -2.10. The molecule has 0 saturated carbocycles. The number of ether oxygens (including phenoxy) is 1. The third kappa shape index (κ3) is 5.49. The number of aliphatic hydroxyl groups is 1. The molecule has 0 aliphatic rings. The standard InChI is InChI=1S/C12H21N3O2/c1-3-7-17-12-8-11(14-9-15-12)13-6-5-10(16)4-2/h8-10,16H,3-7H2,1-2H3,(H,13,14,15). The molecule has 0 spiro atoms. The van der Waals surface area contributed by atoms with Crippen LogP contribution >= 0.6 is 0 Å². The molecule has 5 nitrogen and oxygen atoms in total. The number of aliphatic hydroxyl groups excluding tert-OH is 1. The van der Waals surface area contributed by atoms with Crippen molar-refractivity contribution in [1.29, 1.82) is 0 Å². The van der Waals surface area contributed by atoms with E-state index in [-0.39, 0.29) is 6.10 Å². The molecule has 1 rings (SSSR count). The van der Waals surface area contributed by atoms with Crippen LogP contribution < -0.4 is 10.1 Å². The van der Waals surface area contributed by atoms with Crippen LogP contribution in [-0.2, 0) is 0 Å². The maximum atomic E-state index is 9.41. The Morgan fingerprint density at radius 1 is 1.41 bits per heavy atom. The largest absolute Gasteiger partial charge is 0.478 e. The van der Waals surface area contributed by atoms with Gasteiger partial charge in [0, 0.05) is 12.6 Å². The molecule has 1 heterocycles. The van der Waals surface area contributed by atoms with Gasteiger partial charge in [0.2, 0.25) is 5.88 Å². The quantitative estimate of drug-likeness (QED) is 0.724. The van der Waals surface area contributed by atoms with Crippen molar-refractivity contribution in [3.05, 3.63) is 12.4 Å². The molecule has 1 aromatic heterocycles. The van der Waals surface area contributed by atoms with Crippen LogP contribution in [0.2, 0.25) is 0 Å². The highest BCUT2D eigenvalue weighted by Crippen LogP contribution is 2.11. The monoisotopic (exact) mass is 239 g/mol. The molecular formula is C12H21N3O2. The lowest BCUT2D eigenvalue weighted by molar-refractivity contribution is 0.164. The number of aromatic nitrogens is 2. The average molecular weight is 239 g/mol. The third-order valence-electron chi connectivity index (χ3n) is 2.35. The maximum absolute atomic E-state index is 9.41. The van der Waals surface area contributed by atoms with Gasteiger partial charge in [-0.2, -0.15) is 0 Å². The van der Waals surface area contributed by atoms with E-state index in [1.165, 1.54) is 6.33 Å². The predicted molar refractivity (Wildman–Crippen MR) is 67.2 cm³/mol. The van der Waals surface area contributed by atoms with Crippen LogP contribution in [0.5, 0.6) is 5.88 Å². The Hall–Kier alpha value is -1.36. The van der Waals surface area contributed by atoms with Crippen molar-refractivity contribution in [3.8, 4) is 5.88 Å². The molecule has 0 bridgehead atoms. The number of rotatable bonds is 8. The summed E-state index contributed by atoms with van der Waals surface area (Å²) in [5, 5.41) is 12.5. The lowest BCUT2D eigenvalue weighted by atomic mass is 10.2. The summed E-state index contributed by atoms with van der Waals surface area (Å²) in [6.45, 7) is 5.36. The Labute approximate surface area is 102 Å². The van der Waals surface area contributed by atoms with Crippen molar-refractivity contribution in [2.45, 2.75) is 39.2 Å². The van der Waals surface area contributed by atoms with Gasteiger partial charge in [0.15, 0.2) is 0 Å². The van der Waals surface area contributed by atoms with Crippen LogP contribution in [0.1, 0.15) is 33.1 Å². The SMILES string of the molecule is CCCOc1cc(NCCC(O)CC)ncn1. The van der Waals surface area contributed by atoms with Gasteiger partial charge in [0.05, 0.1) is 12.7 Å². The van der Waals surface area contributed by atoms with Crippen molar-refractivity contribution in [3.63, 3.8) is 0 Å². The minimum absolute atomic E-state index is 0.250. The Bertz CT molecular complexity index is 320. The molecule has 0 amide bonds. The highest BCUT2D eigenvalue weighted by molar-refractivity contribution is 5.36. The second-order valence-corrected chi connectivity index (χ2v) is 3.87. The van der Waals surface area contributed by atoms with Crippen molar-refractivity contribution in [1.82, 2.24) is 9.97 Å². The summed E-state index contributed by atoms with van der Waals surface area (Å²) in [5.41, 5.74) is 0. The van der Waals surface area contributed by atoms with E-state index < -0.39 is 0 Å². The molecular weight excluding hydrogens is 218 g/mol. The van der Waals surface area contributed by atoms with Crippen LogP contribution in [0, 0.1) is 0 Å². The number of nitrogens with one attached hydrogen (secondary N) is 1. The molecule has 0 saturated heterocycles. The van der Waals surface area contributed by atoms with Gasteiger partial charge < -0.3 is 15.2 Å². The summed E-state index contributed by atoms with van der Waals surface area (Å²) in [4.78, 5) is 8.10. The summed E-state index contributed by atoms with van der Waals surface area (Å²) < 4.78 is 5.40. The summed E-state index contributed by atoms with van der Waals surface area (Å²) in [7, 11) is 0. The molecule has 0 radical (unpaired) electrons. The van der Waals surface area contributed by atoms with E-state index >= 15 is 0 Å². The summed E-state index contributed by atoms with van der Waals surface area (Å²) in [6, 6.07) is 1.77. The van der Waals surface area contributed by atoms with Gasteiger partial charge in [0.1, 0.15) is 12.1 Å². The third-order valence-corrected chi connectivity index (χ3v) is 2.35. The Morgan fingerprint density at radius 2 is 2.24 bits per heavy atom. The Morgan fingerprint density at radius 3 is 2.94 bits per heavy atom. The van der Waals surface area contributed by atoms with Crippen LogP contribution in [0.4, 0.5) is 5.82 Å². The summed E-state index contributed by atoms with van der Waals surface area (Å²) >= 11 is 0. The molecule has 2 N–H and O–H groups in total. The molecule has 96 valence electrons. The Balaban J connectivity index is 2.37. The van der Waals surface area contributed by atoms with Crippen LogP contribution in [-0.4, -0.2) is 34.3 Å². The first kappa shape index (κ1) is 13.7. The fourth-order valence-electron chi connectivity index (χ4n) is 1.29. The molecule has 1 unspecified atom stereocenters. The van der Waals surface area contributed by atoms with Gasteiger partial charge in [-0.05, 0) is 19.3 Å². The van der Waals surface area contributed by atoms with E-state index in [1.807, 2.05) is 13.8 Å². The van der Waals surface area contributed by atoms with Gasteiger partial charge in [-0.15, -0.1) is 0 Å². The van der Waals surface area contributed by atoms with Crippen molar-refractivity contribution in [2.75, 3.05) is 18.5 Å². The van der Waals surface area contributed by atoms with Crippen LogP contribution in [0.3, 0.4) is 0 Å². The predicted octanol–water partition coefficient (Wildman–Crippen LogP) is 1.84. The van der Waals surface area contributed by atoms with Gasteiger partial charge in [0.25, 0.3) is 0 Å². The molecule has 1 atom stereocenters. The van der Waals surface area contributed by atoms with Crippen LogP contribution in [0.15, 0.2) is 12.4 Å². The van der Waals surface area contributed by atoms with Gasteiger partial charge >= 0.3 is 0 Å². The van der Waals surface area contributed by atoms with E-state index in [2.05, 4.69) is 15.3 Å². The zero-order valence-electron chi connectivity index (χ0n) is 10.5. The number of hydrogen-bond donors (Lipinski definition) is 2. The topological polar surface area (TPSA) is 67.3 Å². The molecule has 0 aromatic carbocycles. The fraction of sp³-hybridized carbons (Fsp3) is 0.667. The zero-order chi connectivity index (χ0) is 12.5. The van der Waals surface area contributed by atoms with E-state index in [4.69, 9.17) is 4.74 Å². The van der Waals surface area contributed by atoms with Crippen molar-refractivity contribution in [2.24, 2.45) is 0 Å². The van der Waals surface area contributed by atoms with E-state index in [9.17, 15) is 5.11 Å². The average Bonchev–Trinajstić information content (AvgIpc) is 2.36. The van der Waals surface area contributed by atoms with E-state index in [1.54, 1.807) is 6.07 Å². The fourth-order valence-corrected chi connectivity index (χ4v) is 1.29. The first-order valence-electron chi connectivity index (χ1n) is 6.13. The number of hydrogen-bond acceptors (Lipinski definition) is 5. The van der Waals surface area contributed by atoms with E-state index in [0.29, 0.717) is 25.5 Å². The zero-order valence-corrected chi connectivity index (χ0v) is 10.5. The second-order valence-electron chi connectivity index (χ2n) is 3.87.